The largest absolute Gasteiger partial charge is 0.368 e. The molecule has 0 aromatic heterocycles. The molecule has 1 aromatic carbocycles. The smallest absolute Gasteiger partial charge is 0.234 e. The molecule has 6 heteroatoms. The first-order chi connectivity index (χ1) is 8.21. The predicted molar refractivity (Wildman–Crippen MR) is 69.8 cm³/mol. The van der Waals surface area contributed by atoms with Gasteiger partial charge in [-0.05, 0) is 31.5 Å². The number of nitrogens with two attached hydrogens (primary N) is 1. The van der Waals surface area contributed by atoms with Gasteiger partial charge >= 0.3 is 0 Å². The topological polar surface area (TPSA) is 89.3 Å². The number of nitrogens with one attached hydrogen (secondary N) is 1. The molecule has 2 unspecified atom stereocenters. The summed E-state index contributed by atoms with van der Waals surface area (Å²) in [5.74, 6) is -0.422. The Kier molecular flexibility index (Phi) is 4.48. The van der Waals surface area contributed by atoms with Gasteiger partial charge in [-0.15, -0.1) is 0 Å². The fourth-order valence-electron chi connectivity index (χ4n) is 1.56. The molecule has 1 aromatic rings. The molecule has 0 spiro atoms. The van der Waals surface area contributed by atoms with E-state index in [0.717, 1.165) is 5.56 Å². The summed E-state index contributed by atoms with van der Waals surface area (Å²) in [7, 11) is -3.18. The number of carbonyl (C=O) groups is 1. The van der Waals surface area contributed by atoms with Crippen LogP contribution in [0.3, 0.4) is 0 Å². The standard InChI is InChI=1S/C12H18N2O3S/c1-8(14-9(2)12(13)15)10-4-6-11(7-5-10)18(3,16)17/h4-9,14H,1-3H3,(H2,13,15). The molecule has 3 N–H and O–H groups in total. The lowest BCUT2D eigenvalue weighted by Gasteiger charge is -2.18. The van der Waals surface area contributed by atoms with Gasteiger partial charge in [-0.1, -0.05) is 12.1 Å². The van der Waals surface area contributed by atoms with E-state index < -0.39 is 21.8 Å². The van der Waals surface area contributed by atoms with Gasteiger partial charge in [0.25, 0.3) is 0 Å². The Morgan fingerprint density at radius 1 is 1.22 bits per heavy atom. The zero-order valence-electron chi connectivity index (χ0n) is 10.7. The van der Waals surface area contributed by atoms with E-state index >= 15 is 0 Å². The molecule has 2 atom stereocenters. The number of hydrogen-bond acceptors (Lipinski definition) is 4. The summed E-state index contributed by atoms with van der Waals surface area (Å²) in [5, 5.41) is 3.03. The molecule has 0 heterocycles. The first-order valence-corrected chi connectivity index (χ1v) is 7.46. The van der Waals surface area contributed by atoms with Crippen LogP contribution in [0.4, 0.5) is 0 Å². The third-order valence-electron chi connectivity index (χ3n) is 2.74. The SMILES string of the molecule is CC(NC(C)c1ccc(S(C)(=O)=O)cc1)C(N)=O. The molecule has 1 rings (SSSR count). The second-order valence-corrected chi connectivity index (χ2v) is 6.37. The van der Waals surface area contributed by atoms with Gasteiger partial charge in [0, 0.05) is 12.3 Å². The molecule has 5 nitrogen and oxygen atoms in total. The molecule has 0 aliphatic carbocycles. The highest BCUT2D eigenvalue weighted by atomic mass is 32.2. The number of rotatable bonds is 5. The maximum absolute atomic E-state index is 11.3. The molecular formula is C12H18N2O3S. The van der Waals surface area contributed by atoms with E-state index in [1.54, 1.807) is 31.2 Å². The Labute approximate surface area is 107 Å². The van der Waals surface area contributed by atoms with E-state index in [-0.39, 0.29) is 10.9 Å². The molecule has 1 amide bonds. The molecule has 100 valence electrons. The van der Waals surface area contributed by atoms with Crippen LogP contribution in [0.25, 0.3) is 0 Å². The van der Waals surface area contributed by atoms with E-state index in [4.69, 9.17) is 5.73 Å². The number of sulfone groups is 1. The summed E-state index contributed by atoms with van der Waals surface area (Å²) in [6, 6.07) is 6.04. The van der Waals surface area contributed by atoms with Crippen LogP contribution in [0.5, 0.6) is 0 Å². The number of carbonyl (C=O) groups excluding carboxylic acids is 1. The summed E-state index contributed by atoms with van der Waals surface area (Å²) in [4.78, 5) is 11.2. The quantitative estimate of drug-likeness (QED) is 0.820. The molecule has 0 bridgehead atoms. The van der Waals surface area contributed by atoms with Crippen molar-refractivity contribution in [2.75, 3.05) is 6.26 Å². The minimum atomic E-state index is -3.18. The fourth-order valence-corrected chi connectivity index (χ4v) is 2.19. The Balaban J connectivity index is 2.83. The zero-order valence-corrected chi connectivity index (χ0v) is 11.5. The molecule has 0 fully saturated rings. The lowest BCUT2D eigenvalue weighted by atomic mass is 10.1. The van der Waals surface area contributed by atoms with Crippen molar-refractivity contribution in [1.29, 1.82) is 0 Å². The second kappa shape index (κ2) is 5.49. The van der Waals surface area contributed by atoms with Crippen LogP contribution in [-0.4, -0.2) is 26.6 Å². The maximum Gasteiger partial charge on any atom is 0.234 e. The van der Waals surface area contributed by atoms with E-state index in [2.05, 4.69) is 5.32 Å². The van der Waals surface area contributed by atoms with Gasteiger partial charge in [0.1, 0.15) is 0 Å². The van der Waals surface area contributed by atoms with E-state index in [9.17, 15) is 13.2 Å². The van der Waals surface area contributed by atoms with Gasteiger partial charge in [0.15, 0.2) is 9.84 Å². The van der Waals surface area contributed by atoms with Gasteiger partial charge < -0.3 is 5.73 Å². The average Bonchev–Trinajstić information content (AvgIpc) is 2.27. The highest BCUT2D eigenvalue weighted by Gasteiger charge is 2.14. The van der Waals surface area contributed by atoms with Crippen LogP contribution in [0.15, 0.2) is 29.2 Å². The van der Waals surface area contributed by atoms with Crippen molar-refractivity contribution in [3.05, 3.63) is 29.8 Å². The summed E-state index contributed by atoms with van der Waals surface area (Å²) >= 11 is 0. The van der Waals surface area contributed by atoms with E-state index in [0.29, 0.717) is 0 Å². The maximum atomic E-state index is 11.3. The Hall–Kier alpha value is -1.40. The molecule has 0 saturated heterocycles. The summed E-state index contributed by atoms with van der Waals surface area (Å²) < 4.78 is 22.6. The van der Waals surface area contributed by atoms with Gasteiger partial charge in [0.05, 0.1) is 10.9 Å². The van der Waals surface area contributed by atoms with Crippen molar-refractivity contribution >= 4 is 15.7 Å². The Morgan fingerprint density at radius 3 is 2.11 bits per heavy atom. The van der Waals surface area contributed by atoms with E-state index in [1.807, 2.05) is 6.92 Å². The summed E-state index contributed by atoms with van der Waals surface area (Å²) in [6.45, 7) is 3.57. The van der Waals surface area contributed by atoms with Gasteiger partial charge in [-0.3, -0.25) is 10.1 Å². The normalized spacial score (nSPS) is 15.1. The van der Waals surface area contributed by atoms with Crippen LogP contribution in [0, 0.1) is 0 Å². The van der Waals surface area contributed by atoms with Gasteiger partial charge in [-0.2, -0.15) is 0 Å². The number of hydrogen-bond donors (Lipinski definition) is 2. The fraction of sp³-hybridized carbons (Fsp3) is 0.417. The number of benzene rings is 1. The summed E-state index contributed by atoms with van der Waals surface area (Å²) in [5.41, 5.74) is 6.06. The van der Waals surface area contributed by atoms with Crippen LogP contribution in [0.2, 0.25) is 0 Å². The van der Waals surface area contributed by atoms with Crippen molar-refractivity contribution in [3.8, 4) is 0 Å². The monoisotopic (exact) mass is 270 g/mol. The number of primary amides is 1. The number of amides is 1. The van der Waals surface area contributed by atoms with Crippen LogP contribution in [-0.2, 0) is 14.6 Å². The zero-order chi connectivity index (χ0) is 13.9. The first kappa shape index (κ1) is 14.7. The van der Waals surface area contributed by atoms with Crippen molar-refractivity contribution in [1.82, 2.24) is 5.32 Å². The molecule has 0 aliphatic rings. The van der Waals surface area contributed by atoms with Gasteiger partial charge in [0.2, 0.25) is 5.91 Å². The third kappa shape index (κ3) is 3.82. The Bertz CT molecular complexity index is 523. The van der Waals surface area contributed by atoms with E-state index in [1.165, 1.54) is 6.26 Å². The third-order valence-corrected chi connectivity index (χ3v) is 3.86. The lowest BCUT2D eigenvalue weighted by molar-refractivity contribution is -0.119. The van der Waals surface area contributed by atoms with Gasteiger partial charge in [-0.25, -0.2) is 8.42 Å². The van der Waals surface area contributed by atoms with Crippen molar-refractivity contribution in [2.45, 2.75) is 30.8 Å². The molecule has 0 aliphatic heterocycles. The van der Waals surface area contributed by atoms with Crippen LogP contribution >= 0.6 is 0 Å². The molecule has 0 saturated carbocycles. The minimum Gasteiger partial charge on any atom is -0.368 e. The molecule has 0 radical (unpaired) electrons. The first-order valence-electron chi connectivity index (χ1n) is 5.57. The molecule has 18 heavy (non-hydrogen) atoms. The minimum absolute atomic E-state index is 0.0823. The highest BCUT2D eigenvalue weighted by molar-refractivity contribution is 7.90. The van der Waals surface area contributed by atoms with Crippen LogP contribution in [0.1, 0.15) is 25.5 Å². The van der Waals surface area contributed by atoms with Crippen molar-refractivity contribution in [3.63, 3.8) is 0 Å². The Morgan fingerprint density at radius 2 is 1.72 bits per heavy atom. The molecular weight excluding hydrogens is 252 g/mol. The summed E-state index contributed by atoms with van der Waals surface area (Å²) in [6.07, 6.45) is 1.17. The van der Waals surface area contributed by atoms with Crippen molar-refractivity contribution in [2.24, 2.45) is 5.73 Å². The van der Waals surface area contributed by atoms with Crippen LogP contribution < -0.4 is 11.1 Å². The van der Waals surface area contributed by atoms with Crippen molar-refractivity contribution < 1.29 is 13.2 Å². The highest BCUT2D eigenvalue weighted by Crippen LogP contribution is 2.16. The predicted octanol–water partition coefficient (Wildman–Crippen LogP) is 0.614. The lowest BCUT2D eigenvalue weighted by Crippen LogP contribution is -2.39. The second-order valence-electron chi connectivity index (χ2n) is 4.35. The average molecular weight is 270 g/mol.